The van der Waals surface area contributed by atoms with Gasteiger partial charge in [-0.1, -0.05) is 11.6 Å². The number of hydrogen-bond donors (Lipinski definition) is 2. The highest BCUT2D eigenvalue weighted by atomic mass is 35.5. The van der Waals surface area contributed by atoms with Gasteiger partial charge in [0.25, 0.3) is 0 Å². The predicted molar refractivity (Wildman–Crippen MR) is 59.5 cm³/mol. The average molecular weight is 242 g/mol. The smallest absolute Gasteiger partial charge is 0.231 e. The van der Waals surface area contributed by atoms with E-state index < -0.39 is 0 Å². The number of nitrogens with one attached hydrogen (secondary N) is 1. The lowest BCUT2D eigenvalue weighted by atomic mass is 9.96. The van der Waals surface area contributed by atoms with Crippen LogP contribution in [0.2, 0.25) is 5.02 Å². The van der Waals surface area contributed by atoms with Crippen molar-refractivity contribution in [3.05, 3.63) is 16.7 Å². The summed E-state index contributed by atoms with van der Waals surface area (Å²) in [5.41, 5.74) is 0.782. The molecule has 0 spiro atoms. The van der Waals surface area contributed by atoms with Crippen molar-refractivity contribution < 1.29 is 14.6 Å². The van der Waals surface area contributed by atoms with Gasteiger partial charge in [-0.3, -0.25) is 0 Å². The third-order valence-electron chi connectivity index (χ3n) is 3.09. The van der Waals surface area contributed by atoms with Crippen molar-refractivity contribution in [2.24, 2.45) is 0 Å². The Balaban J connectivity index is 2.14. The molecule has 86 valence electrons. The highest BCUT2D eigenvalue weighted by Crippen LogP contribution is 2.49. The number of hydrogen-bond acceptors (Lipinski definition) is 4. The first-order valence-electron chi connectivity index (χ1n) is 5.29. The van der Waals surface area contributed by atoms with Crippen molar-refractivity contribution in [3.8, 4) is 17.2 Å². The van der Waals surface area contributed by atoms with E-state index in [-0.39, 0.29) is 18.5 Å². The van der Waals surface area contributed by atoms with Gasteiger partial charge in [0.2, 0.25) is 6.79 Å². The summed E-state index contributed by atoms with van der Waals surface area (Å²) in [6, 6.07) is 1.60. The number of aromatic hydroxyl groups is 1. The van der Waals surface area contributed by atoms with Gasteiger partial charge in [-0.15, -0.1) is 0 Å². The fourth-order valence-corrected chi connectivity index (χ4v) is 2.51. The molecule has 0 saturated carbocycles. The molecule has 1 saturated heterocycles. The van der Waals surface area contributed by atoms with Crippen molar-refractivity contribution in [1.29, 1.82) is 0 Å². The standard InChI is InChI=1S/C11H12ClNO3/c12-7-3-8-11(16-5-15-8)9(10(7)14)6-1-2-13-4-6/h3,6,13-14H,1-2,4-5H2. The molecular formula is C11H12ClNO3. The fourth-order valence-electron chi connectivity index (χ4n) is 2.31. The second-order valence-electron chi connectivity index (χ2n) is 4.04. The molecule has 2 heterocycles. The third kappa shape index (κ3) is 1.41. The quantitative estimate of drug-likeness (QED) is 0.788. The van der Waals surface area contributed by atoms with Crippen LogP contribution in [0.1, 0.15) is 17.9 Å². The van der Waals surface area contributed by atoms with Gasteiger partial charge in [-0.05, 0) is 13.0 Å². The molecular weight excluding hydrogens is 230 g/mol. The van der Waals surface area contributed by atoms with E-state index in [2.05, 4.69) is 5.32 Å². The summed E-state index contributed by atoms with van der Waals surface area (Å²) in [6.07, 6.45) is 0.976. The minimum atomic E-state index is 0.125. The van der Waals surface area contributed by atoms with Crippen LogP contribution < -0.4 is 14.8 Å². The van der Waals surface area contributed by atoms with Gasteiger partial charge in [-0.2, -0.15) is 0 Å². The summed E-state index contributed by atoms with van der Waals surface area (Å²) in [6.45, 7) is 1.98. The molecule has 1 unspecified atom stereocenters. The van der Waals surface area contributed by atoms with Crippen LogP contribution in [0, 0.1) is 0 Å². The molecule has 0 aromatic heterocycles. The van der Waals surface area contributed by atoms with Crippen LogP contribution in [-0.4, -0.2) is 25.0 Å². The van der Waals surface area contributed by atoms with Gasteiger partial charge in [0.1, 0.15) is 5.75 Å². The van der Waals surface area contributed by atoms with E-state index in [4.69, 9.17) is 21.1 Å². The average Bonchev–Trinajstić information content (AvgIpc) is 2.89. The van der Waals surface area contributed by atoms with Crippen molar-refractivity contribution in [1.82, 2.24) is 5.32 Å². The maximum Gasteiger partial charge on any atom is 0.231 e. The molecule has 1 fully saturated rings. The van der Waals surface area contributed by atoms with Crippen molar-refractivity contribution in [2.75, 3.05) is 19.9 Å². The summed E-state index contributed by atoms with van der Waals surface area (Å²) in [4.78, 5) is 0. The number of rotatable bonds is 1. The third-order valence-corrected chi connectivity index (χ3v) is 3.38. The van der Waals surface area contributed by atoms with Crippen LogP contribution >= 0.6 is 11.6 Å². The molecule has 4 nitrogen and oxygen atoms in total. The monoisotopic (exact) mass is 241 g/mol. The Hall–Kier alpha value is -1.13. The Morgan fingerprint density at radius 3 is 3.06 bits per heavy atom. The van der Waals surface area contributed by atoms with Crippen molar-refractivity contribution >= 4 is 11.6 Å². The molecule has 0 bridgehead atoms. The van der Waals surface area contributed by atoms with Gasteiger partial charge in [0.15, 0.2) is 11.5 Å². The summed E-state index contributed by atoms with van der Waals surface area (Å²) in [5.74, 6) is 1.65. The topological polar surface area (TPSA) is 50.7 Å². The van der Waals surface area contributed by atoms with Crippen LogP contribution in [0.5, 0.6) is 17.2 Å². The Labute approximate surface area is 98.1 Å². The number of benzene rings is 1. The molecule has 3 rings (SSSR count). The van der Waals surface area contributed by atoms with Gasteiger partial charge in [0, 0.05) is 24.1 Å². The van der Waals surface area contributed by atoms with E-state index in [0.29, 0.717) is 16.5 Å². The van der Waals surface area contributed by atoms with E-state index in [9.17, 15) is 5.11 Å². The molecule has 0 amide bonds. The summed E-state index contributed by atoms with van der Waals surface area (Å²) in [7, 11) is 0. The fraction of sp³-hybridized carbons (Fsp3) is 0.455. The zero-order valence-corrected chi connectivity index (χ0v) is 9.38. The zero-order chi connectivity index (χ0) is 11.1. The predicted octanol–water partition coefficient (Wildman–Crippen LogP) is 1.85. The Bertz CT molecular complexity index is 430. The molecule has 2 aliphatic rings. The second kappa shape index (κ2) is 3.71. The van der Waals surface area contributed by atoms with E-state index >= 15 is 0 Å². The molecule has 16 heavy (non-hydrogen) atoms. The lowest BCUT2D eigenvalue weighted by Gasteiger charge is -2.14. The summed E-state index contributed by atoms with van der Waals surface area (Å²) >= 11 is 5.97. The van der Waals surface area contributed by atoms with E-state index in [0.717, 1.165) is 25.1 Å². The molecule has 0 aliphatic carbocycles. The molecule has 2 aliphatic heterocycles. The first-order valence-corrected chi connectivity index (χ1v) is 5.67. The number of fused-ring (bicyclic) bond motifs is 1. The molecule has 1 aromatic carbocycles. The van der Waals surface area contributed by atoms with Crippen LogP contribution in [0.4, 0.5) is 0 Å². The van der Waals surface area contributed by atoms with E-state index in [1.165, 1.54) is 0 Å². The van der Waals surface area contributed by atoms with Crippen LogP contribution in [-0.2, 0) is 0 Å². The highest BCUT2D eigenvalue weighted by molar-refractivity contribution is 6.32. The number of halogens is 1. The number of phenols is 1. The summed E-state index contributed by atoms with van der Waals surface area (Å²) in [5, 5.41) is 13.6. The lowest BCUT2D eigenvalue weighted by molar-refractivity contribution is 0.173. The van der Waals surface area contributed by atoms with Crippen LogP contribution in [0.3, 0.4) is 0 Å². The SMILES string of the molecule is Oc1c(Cl)cc2c(c1C1CCNC1)OCO2. The maximum absolute atomic E-state index is 10.0. The van der Waals surface area contributed by atoms with Crippen LogP contribution in [0.25, 0.3) is 0 Å². The Morgan fingerprint density at radius 2 is 2.31 bits per heavy atom. The lowest BCUT2D eigenvalue weighted by Crippen LogP contribution is -2.08. The molecule has 1 atom stereocenters. The highest BCUT2D eigenvalue weighted by Gasteiger charge is 2.30. The molecule has 0 radical (unpaired) electrons. The number of phenolic OH excluding ortho intramolecular Hbond substituents is 1. The van der Waals surface area contributed by atoms with Gasteiger partial charge in [0.05, 0.1) is 5.02 Å². The summed E-state index contributed by atoms with van der Waals surface area (Å²) < 4.78 is 10.7. The molecule has 1 aromatic rings. The van der Waals surface area contributed by atoms with Crippen molar-refractivity contribution in [2.45, 2.75) is 12.3 Å². The zero-order valence-electron chi connectivity index (χ0n) is 8.62. The first-order chi connectivity index (χ1) is 7.77. The Kier molecular flexibility index (Phi) is 2.33. The van der Waals surface area contributed by atoms with Gasteiger partial charge >= 0.3 is 0 Å². The minimum absolute atomic E-state index is 0.125. The molecule has 2 N–H and O–H groups in total. The van der Waals surface area contributed by atoms with Crippen LogP contribution in [0.15, 0.2) is 6.07 Å². The van der Waals surface area contributed by atoms with Gasteiger partial charge in [-0.25, -0.2) is 0 Å². The number of ether oxygens (including phenoxy) is 2. The van der Waals surface area contributed by atoms with Crippen molar-refractivity contribution in [3.63, 3.8) is 0 Å². The Morgan fingerprint density at radius 1 is 1.44 bits per heavy atom. The second-order valence-corrected chi connectivity index (χ2v) is 4.45. The largest absolute Gasteiger partial charge is 0.506 e. The maximum atomic E-state index is 10.0. The first kappa shape index (κ1) is 10.1. The minimum Gasteiger partial charge on any atom is -0.506 e. The van der Waals surface area contributed by atoms with E-state index in [1.807, 2.05) is 0 Å². The van der Waals surface area contributed by atoms with Gasteiger partial charge < -0.3 is 19.9 Å². The molecule has 5 heteroatoms. The normalized spacial score (nSPS) is 22.7. The van der Waals surface area contributed by atoms with E-state index in [1.54, 1.807) is 6.07 Å².